The number of ketones is 1. The van der Waals surface area contributed by atoms with Gasteiger partial charge in [0.15, 0.2) is 5.78 Å². The molecular formula is C24H22ClF6N3O2. The zero-order valence-electron chi connectivity index (χ0n) is 19.4. The number of nitrogens with one attached hydrogen (secondary N) is 1. The van der Waals surface area contributed by atoms with Gasteiger partial charge in [0.25, 0.3) is 5.91 Å². The normalized spacial score (nSPS) is 13.3. The van der Waals surface area contributed by atoms with Gasteiger partial charge >= 0.3 is 12.4 Å². The van der Waals surface area contributed by atoms with Crippen molar-refractivity contribution in [1.82, 2.24) is 14.9 Å². The van der Waals surface area contributed by atoms with Crippen LogP contribution < -0.4 is 5.32 Å². The van der Waals surface area contributed by atoms with Gasteiger partial charge < -0.3 is 9.88 Å². The highest BCUT2D eigenvalue weighted by Crippen LogP contribution is 2.40. The lowest BCUT2D eigenvalue weighted by Gasteiger charge is -2.21. The number of Topliss-reactive ketones (excluding diaryl/α,β-unsaturated/α-hetero) is 1. The van der Waals surface area contributed by atoms with Gasteiger partial charge in [0.2, 0.25) is 0 Å². The minimum atomic E-state index is -4.98. The van der Waals surface area contributed by atoms with Crippen LogP contribution in [0.4, 0.5) is 26.3 Å². The molecule has 0 saturated carbocycles. The van der Waals surface area contributed by atoms with Gasteiger partial charge in [0.05, 0.1) is 22.7 Å². The topological polar surface area (TPSA) is 64.0 Å². The fourth-order valence-electron chi connectivity index (χ4n) is 3.85. The van der Waals surface area contributed by atoms with Crippen LogP contribution in [0, 0.1) is 0 Å². The molecule has 0 aliphatic carbocycles. The van der Waals surface area contributed by atoms with E-state index >= 15 is 0 Å². The maximum Gasteiger partial charge on any atom is 0.416 e. The Hall–Kier alpha value is -3.08. The summed E-state index contributed by atoms with van der Waals surface area (Å²) in [6, 6.07) is 5.35. The number of hydrogen-bond acceptors (Lipinski definition) is 3. The molecule has 1 amide bonds. The molecule has 0 saturated heterocycles. The third-order valence-electron chi connectivity index (χ3n) is 5.49. The SMILES string of the molecule is CCn1c(C(=O)CC(c2cccc(C(F)(F)F)c2)C(F)(F)F)cc2cc(C(=O)NC(C)C)c(Cl)nc21. The van der Waals surface area contributed by atoms with Gasteiger partial charge in [-0.3, -0.25) is 9.59 Å². The molecule has 3 rings (SSSR count). The lowest BCUT2D eigenvalue weighted by atomic mass is 9.91. The summed E-state index contributed by atoms with van der Waals surface area (Å²) < 4.78 is 82.2. The molecule has 0 aliphatic heterocycles. The summed E-state index contributed by atoms with van der Waals surface area (Å²) in [7, 11) is 0. The van der Waals surface area contributed by atoms with Crippen molar-refractivity contribution in [2.45, 2.75) is 58.0 Å². The van der Waals surface area contributed by atoms with Crippen molar-refractivity contribution in [2.75, 3.05) is 0 Å². The van der Waals surface area contributed by atoms with Crippen LogP contribution in [-0.2, 0) is 12.7 Å². The molecular weight excluding hydrogens is 512 g/mol. The fourth-order valence-corrected chi connectivity index (χ4v) is 4.07. The second-order valence-corrected chi connectivity index (χ2v) is 8.84. The van der Waals surface area contributed by atoms with Crippen molar-refractivity contribution in [3.05, 3.63) is 63.9 Å². The number of hydrogen-bond donors (Lipinski definition) is 1. The van der Waals surface area contributed by atoms with Gasteiger partial charge in [-0.05, 0) is 44.5 Å². The van der Waals surface area contributed by atoms with Crippen LogP contribution in [-0.4, -0.2) is 33.5 Å². The standard InChI is InChI=1S/C24H22ClF6N3O2/c1-4-34-18(10-14-9-16(20(25)33-21(14)34)22(36)32-12(2)3)19(35)11-17(24(29,30)31)13-6-5-7-15(8-13)23(26,27)28/h5-10,12,17H,4,11H2,1-3H3,(H,32,36). The van der Waals surface area contributed by atoms with E-state index < -0.39 is 47.5 Å². The molecule has 1 aromatic carbocycles. The summed E-state index contributed by atoms with van der Waals surface area (Å²) in [4.78, 5) is 29.7. The Morgan fingerprint density at radius 2 is 1.75 bits per heavy atom. The zero-order valence-corrected chi connectivity index (χ0v) is 20.1. The number of amides is 1. The molecule has 36 heavy (non-hydrogen) atoms. The van der Waals surface area contributed by atoms with E-state index in [1.165, 1.54) is 16.7 Å². The molecule has 0 spiro atoms. The molecule has 3 aromatic rings. The number of rotatable bonds is 7. The molecule has 1 atom stereocenters. The lowest BCUT2D eigenvalue weighted by Crippen LogP contribution is -2.30. The highest BCUT2D eigenvalue weighted by Gasteiger charge is 2.43. The van der Waals surface area contributed by atoms with E-state index in [2.05, 4.69) is 10.3 Å². The average Bonchev–Trinajstić information content (AvgIpc) is 3.12. The van der Waals surface area contributed by atoms with Crippen molar-refractivity contribution in [3.8, 4) is 0 Å². The molecule has 2 aromatic heterocycles. The first-order valence-electron chi connectivity index (χ1n) is 10.9. The smallest absolute Gasteiger partial charge is 0.350 e. The van der Waals surface area contributed by atoms with Crippen molar-refractivity contribution >= 4 is 34.3 Å². The van der Waals surface area contributed by atoms with Gasteiger partial charge in [-0.1, -0.05) is 29.8 Å². The lowest BCUT2D eigenvalue weighted by molar-refractivity contribution is -0.150. The van der Waals surface area contributed by atoms with E-state index in [-0.39, 0.29) is 34.6 Å². The number of fused-ring (bicyclic) bond motifs is 1. The average molecular weight is 534 g/mol. The second-order valence-electron chi connectivity index (χ2n) is 8.49. The summed E-state index contributed by atoms with van der Waals surface area (Å²) >= 11 is 6.16. The zero-order chi connectivity index (χ0) is 27.0. The van der Waals surface area contributed by atoms with Crippen LogP contribution in [0.15, 0.2) is 36.4 Å². The Labute approximate surface area is 207 Å². The number of benzene rings is 1. The van der Waals surface area contributed by atoms with E-state index in [4.69, 9.17) is 11.6 Å². The summed E-state index contributed by atoms with van der Waals surface area (Å²) in [5.74, 6) is -3.92. The number of pyridine rings is 1. The molecule has 0 bridgehead atoms. The van der Waals surface area contributed by atoms with Crippen molar-refractivity contribution in [3.63, 3.8) is 0 Å². The molecule has 5 nitrogen and oxygen atoms in total. The maximum atomic E-state index is 13.9. The van der Waals surface area contributed by atoms with Gasteiger partial charge in [0, 0.05) is 24.4 Å². The highest BCUT2D eigenvalue weighted by molar-refractivity contribution is 6.33. The van der Waals surface area contributed by atoms with Gasteiger partial charge in [-0.2, -0.15) is 26.3 Å². The predicted octanol–water partition coefficient (Wildman–Crippen LogP) is 6.79. The Morgan fingerprint density at radius 3 is 2.31 bits per heavy atom. The predicted molar refractivity (Wildman–Crippen MR) is 122 cm³/mol. The first-order chi connectivity index (χ1) is 16.6. The largest absolute Gasteiger partial charge is 0.416 e. The van der Waals surface area contributed by atoms with Gasteiger partial charge in [-0.15, -0.1) is 0 Å². The van der Waals surface area contributed by atoms with Crippen molar-refractivity contribution in [1.29, 1.82) is 0 Å². The third kappa shape index (κ3) is 5.83. The summed E-state index contributed by atoms with van der Waals surface area (Å²) in [6.45, 7) is 5.26. The molecule has 0 radical (unpaired) electrons. The van der Waals surface area contributed by atoms with Crippen LogP contribution in [0.2, 0.25) is 5.15 Å². The molecule has 194 valence electrons. The molecule has 0 aliphatic rings. The summed E-state index contributed by atoms with van der Waals surface area (Å²) in [6.07, 6.45) is -10.9. The highest BCUT2D eigenvalue weighted by atomic mass is 35.5. The number of carbonyl (C=O) groups is 2. The number of carbonyl (C=O) groups excluding carboxylic acids is 2. The van der Waals surface area contributed by atoms with Gasteiger partial charge in [0.1, 0.15) is 10.8 Å². The molecule has 0 fully saturated rings. The Morgan fingerprint density at radius 1 is 1.08 bits per heavy atom. The van der Waals surface area contributed by atoms with Crippen LogP contribution in [0.3, 0.4) is 0 Å². The van der Waals surface area contributed by atoms with E-state index in [1.54, 1.807) is 20.8 Å². The minimum absolute atomic E-state index is 0.0299. The Balaban J connectivity index is 2.03. The number of aryl methyl sites for hydroxylation is 1. The molecule has 12 heteroatoms. The summed E-state index contributed by atoms with van der Waals surface area (Å²) in [5, 5.41) is 2.81. The van der Waals surface area contributed by atoms with E-state index in [0.717, 1.165) is 12.1 Å². The number of nitrogens with zero attached hydrogens (tertiary/aromatic N) is 2. The van der Waals surface area contributed by atoms with Crippen molar-refractivity contribution < 1.29 is 35.9 Å². The maximum absolute atomic E-state index is 13.9. The monoisotopic (exact) mass is 533 g/mol. The third-order valence-corrected chi connectivity index (χ3v) is 5.78. The molecule has 1 unspecified atom stereocenters. The minimum Gasteiger partial charge on any atom is -0.350 e. The summed E-state index contributed by atoms with van der Waals surface area (Å²) in [5.41, 5.74) is -1.82. The number of halogens is 7. The van der Waals surface area contributed by atoms with Gasteiger partial charge in [-0.25, -0.2) is 4.98 Å². The van der Waals surface area contributed by atoms with Crippen molar-refractivity contribution in [2.24, 2.45) is 0 Å². The molecule has 1 N–H and O–H groups in total. The Kier molecular flexibility index (Phi) is 7.73. The number of alkyl halides is 6. The van der Waals surface area contributed by atoms with E-state index in [0.29, 0.717) is 17.5 Å². The van der Waals surface area contributed by atoms with Crippen LogP contribution >= 0.6 is 11.6 Å². The molecule has 2 heterocycles. The van der Waals surface area contributed by atoms with Crippen LogP contribution in [0.5, 0.6) is 0 Å². The first-order valence-corrected chi connectivity index (χ1v) is 11.3. The van der Waals surface area contributed by atoms with E-state index in [9.17, 15) is 35.9 Å². The Bertz CT molecular complexity index is 1300. The second kappa shape index (κ2) is 10.1. The van der Waals surface area contributed by atoms with Crippen LogP contribution in [0.25, 0.3) is 11.0 Å². The first kappa shape index (κ1) is 27.5. The van der Waals surface area contributed by atoms with Crippen LogP contribution in [0.1, 0.15) is 65.1 Å². The number of aromatic nitrogens is 2. The quantitative estimate of drug-likeness (QED) is 0.207. The van der Waals surface area contributed by atoms with E-state index in [1.807, 2.05) is 0 Å². The fraction of sp³-hybridized carbons (Fsp3) is 0.375.